The Labute approximate surface area is 197 Å². The average molecular weight is 471 g/mol. The molecule has 4 nitrogen and oxygen atoms in total. The van der Waals surface area contributed by atoms with Crippen molar-refractivity contribution in [3.05, 3.63) is 59.7 Å². The maximum absolute atomic E-state index is 13.8. The van der Waals surface area contributed by atoms with Gasteiger partial charge >= 0.3 is 0 Å². The number of rotatable bonds is 4. The fourth-order valence-corrected chi connectivity index (χ4v) is 6.99. The van der Waals surface area contributed by atoms with Crippen LogP contribution in [0.4, 0.5) is 4.39 Å². The van der Waals surface area contributed by atoms with E-state index in [-0.39, 0.29) is 4.90 Å². The first-order valence-electron chi connectivity index (χ1n) is 12.2. The quantitative estimate of drug-likeness (QED) is 0.417. The largest absolute Gasteiger partial charge is 0.269 e. The predicted molar refractivity (Wildman–Crippen MR) is 131 cm³/mol. The van der Waals surface area contributed by atoms with Crippen molar-refractivity contribution in [1.29, 1.82) is 0 Å². The molecule has 6 heteroatoms. The van der Waals surface area contributed by atoms with Crippen LogP contribution in [0.25, 0.3) is 11.0 Å². The van der Waals surface area contributed by atoms with Crippen LogP contribution in [0.2, 0.25) is 0 Å². The van der Waals surface area contributed by atoms with E-state index in [1.807, 2.05) is 6.07 Å². The Morgan fingerprint density at radius 1 is 1.00 bits per heavy atom. The molecule has 3 unspecified atom stereocenters. The highest BCUT2D eigenvalue weighted by atomic mass is 32.2. The van der Waals surface area contributed by atoms with Crippen molar-refractivity contribution in [3.8, 4) is 0 Å². The first-order valence-corrected chi connectivity index (χ1v) is 13.7. The van der Waals surface area contributed by atoms with Gasteiger partial charge < -0.3 is 0 Å². The molecule has 0 saturated heterocycles. The number of imidazole rings is 1. The number of nitrogens with zero attached hydrogens (tertiary/aromatic N) is 2. The minimum absolute atomic E-state index is 0.0643. The summed E-state index contributed by atoms with van der Waals surface area (Å²) in [5, 5.41) is 0. The second kappa shape index (κ2) is 9.96. The molecule has 1 saturated carbocycles. The van der Waals surface area contributed by atoms with Crippen LogP contribution in [-0.2, 0) is 16.4 Å². The van der Waals surface area contributed by atoms with Crippen LogP contribution >= 0.6 is 0 Å². The van der Waals surface area contributed by atoms with Crippen LogP contribution in [0.15, 0.2) is 47.4 Å². The van der Waals surface area contributed by atoms with Gasteiger partial charge in [0.25, 0.3) is 10.0 Å². The van der Waals surface area contributed by atoms with Crippen LogP contribution < -0.4 is 0 Å². The van der Waals surface area contributed by atoms with Crippen LogP contribution in [-0.4, -0.2) is 17.4 Å². The van der Waals surface area contributed by atoms with Crippen molar-refractivity contribution in [2.45, 2.75) is 77.0 Å². The van der Waals surface area contributed by atoms with Crippen LogP contribution in [0.3, 0.4) is 0 Å². The fraction of sp³-hybridized carbons (Fsp3) is 0.519. The number of aromatic nitrogens is 2. The first-order chi connectivity index (χ1) is 15.8. The molecular formula is C27H35FN2O2S. The van der Waals surface area contributed by atoms with Gasteiger partial charge in [0.15, 0.2) is 0 Å². The monoisotopic (exact) mass is 470 g/mol. The summed E-state index contributed by atoms with van der Waals surface area (Å²) in [6.07, 6.45) is 9.78. The van der Waals surface area contributed by atoms with E-state index in [2.05, 4.69) is 24.9 Å². The summed E-state index contributed by atoms with van der Waals surface area (Å²) in [4.78, 5) is 4.63. The van der Waals surface area contributed by atoms with Gasteiger partial charge in [-0.05, 0) is 67.3 Å². The molecule has 1 heterocycles. The number of benzene rings is 2. The third-order valence-corrected chi connectivity index (χ3v) is 8.96. The van der Waals surface area contributed by atoms with E-state index in [0.717, 1.165) is 29.5 Å². The van der Waals surface area contributed by atoms with E-state index >= 15 is 0 Å². The molecule has 0 N–H and O–H groups in total. The van der Waals surface area contributed by atoms with Crippen molar-refractivity contribution in [2.24, 2.45) is 17.8 Å². The second-order valence-electron chi connectivity index (χ2n) is 10.0. The third-order valence-electron chi connectivity index (χ3n) is 7.17. The number of aryl methyl sites for hydroxylation is 1. The van der Waals surface area contributed by atoms with Crippen molar-refractivity contribution in [2.75, 3.05) is 0 Å². The Morgan fingerprint density at radius 2 is 1.70 bits per heavy atom. The molecule has 1 aliphatic rings. The summed E-state index contributed by atoms with van der Waals surface area (Å²) in [6, 6.07) is 11.0. The van der Waals surface area contributed by atoms with Crippen molar-refractivity contribution < 1.29 is 12.8 Å². The molecule has 0 bridgehead atoms. The highest BCUT2D eigenvalue weighted by Gasteiger charge is 2.25. The lowest BCUT2D eigenvalue weighted by atomic mass is 9.81. The zero-order chi connectivity index (χ0) is 23.6. The summed E-state index contributed by atoms with van der Waals surface area (Å²) in [6.45, 7) is 6.44. The van der Waals surface area contributed by atoms with Crippen LogP contribution in [0.1, 0.15) is 70.2 Å². The molecule has 0 aliphatic heterocycles. The highest BCUT2D eigenvalue weighted by Crippen LogP contribution is 2.32. The van der Waals surface area contributed by atoms with Gasteiger partial charge in [0.2, 0.25) is 0 Å². The van der Waals surface area contributed by atoms with Crippen molar-refractivity contribution in [3.63, 3.8) is 0 Å². The normalized spacial score (nSPS) is 23.0. The molecule has 3 atom stereocenters. The molecule has 0 radical (unpaired) electrons. The van der Waals surface area contributed by atoms with Crippen molar-refractivity contribution in [1.82, 2.24) is 8.96 Å². The van der Waals surface area contributed by atoms with Gasteiger partial charge in [-0.25, -0.2) is 21.8 Å². The molecule has 1 fully saturated rings. The number of halogens is 1. The van der Waals surface area contributed by atoms with Crippen molar-refractivity contribution >= 4 is 21.1 Å². The SMILES string of the molecule is Cc1nc2c(CC3CCCC(C)CCCC(C)C3)cccc2n1S(=O)(=O)c1cccc(F)c1. The molecular weight excluding hydrogens is 435 g/mol. The standard InChI is InChI=1S/C27H35FN2O2S/c1-19-8-4-10-20(2)16-22(11-5-9-19)17-23-12-6-15-26-27(23)29-21(3)30(26)33(31,32)25-14-7-13-24(28)18-25/h6-7,12-15,18-20,22H,4-5,8-11,16-17H2,1-3H3. The Balaban J connectivity index is 1.68. The lowest BCUT2D eigenvalue weighted by Gasteiger charge is -2.24. The lowest BCUT2D eigenvalue weighted by molar-refractivity contribution is 0.301. The molecule has 1 aliphatic carbocycles. The molecule has 0 amide bonds. The Kier molecular flexibility index (Phi) is 7.22. The zero-order valence-corrected chi connectivity index (χ0v) is 20.7. The number of hydrogen-bond donors (Lipinski definition) is 0. The Hall–Kier alpha value is -2.21. The maximum atomic E-state index is 13.8. The number of hydrogen-bond acceptors (Lipinski definition) is 3. The summed E-state index contributed by atoms with van der Waals surface area (Å²) in [5.41, 5.74) is 2.41. The summed E-state index contributed by atoms with van der Waals surface area (Å²) in [5.74, 6) is 1.90. The van der Waals surface area contributed by atoms with Gasteiger partial charge in [0.05, 0.1) is 15.9 Å². The number of para-hydroxylation sites is 1. The summed E-state index contributed by atoms with van der Waals surface area (Å²) >= 11 is 0. The average Bonchev–Trinajstić information content (AvgIpc) is 3.11. The number of fused-ring (bicyclic) bond motifs is 1. The molecule has 3 aromatic rings. The molecule has 1 aromatic heterocycles. The molecule has 2 aromatic carbocycles. The smallest absolute Gasteiger partial charge is 0.232 e. The third kappa shape index (κ3) is 5.32. The predicted octanol–water partition coefficient (Wildman–Crippen LogP) is 6.90. The zero-order valence-electron chi connectivity index (χ0n) is 19.9. The van der Waals surface area contributed by atoms with Crippen LogP contribution in [0, 0.1) is 30.5 Å². The van der Waals surface area contributed by atoms with E-state index in [1.54, 1.807) is 13.0 Å². The van der Waals surface area contributed by atoms with Gasteiger partial charge in [-0.15, -0.1) is 0 Å². The minimum atomic E-state index is -3.95. The second-order valence-corrected chi connectivity index (χ2v) is 11.8. The fourth-order valence-electron chi connectivity index (χ4n) is 5.47. The van der Waals surface area contributed by atoms with Gasteiger partial charge in [0.1, 0.15) is 11.6 Å². The lowest BCUT2D eigenvalue weighted by Crippen LogP contribution is -2.15. The first kappa shape index (κ1) is 23.9. The van der Waals surface area contributed by atoms with E-state index in [0.29, 0.717) is 23.2 Å². The molecule has 4 rings (SSSR count). The van der Waals surface area contributed by atoms with Gasteiger partial charge in [0, 0.05) is 0 Å². The Bertz CT molecular complexity index is 1220. The van der Waals surface area contributed by atoms with E-state index in [9.17, 15) is 12.8 Å². The highest BCUT2D eigenvalue weighted by molar-refractivity contribution is 7.90. The van der Waals surface area contributed by atoms with Gasteiger partial charge in [-0.1, -0.05) is 70.6 Å². The molecule has 0 spiro atoms. The minimum Gasteiger partial charge on any atom is -0.232 e. The van der Waals surface area contributed by atoms with Crippen LogP contribution in [0.5, 0.6) is 0 Å². The topological polar surface area (TPSA) is 52.0 Å². The van der Waals surface area contributed by atoms with E-state index < -0.39 is 15.8 Å². The summed E-state index contributed by atoms with van der Waals surface area (Å²) < 4.78 is 41.8. The van der Waals surface area contributed by atoms with Gasteiger partial charge in [-0.3, -0.25) is 0 Å². The van der Waals surface area contributed by atoms with Gasteiger partial charge in [-0.2, -0.15) is 0 Å². The molecule has 33 heavy (non-hydrogen) atoms. The molecule has 178 valence electrons. The summed E-state index contributed by atoms with van der Waals surface area (Å²) in [7, 11) is -3.95. The Morgan fingerprint density at radius 3 is 2.45 bits per heavy atom. The van der Waals surface area contributed by atoms with E-state index in [4.69, 9.17) is 0 Å². The van der Waals surface area contributed by atoms with E-state index in [1.165, 1.54) is 67.1 Å². The maximum Gasteiger partial charge on any atom is 0.269 e.